The first-order chi connectivity index (χ1) is 13.2. The van der Waals surface area contributed by atoms with Crippen LogP contribution in [-0.2, 0) is 16.9 Å². The van der Waals surface area contributed by atoms with Gasteiger partial charge in [-0.25, -0.2) is 13.1 Å². The van der Waals surface area contributed by atoms with Crippen molar-refractivity contribution in [2.45, 2.75) is 19.4 Å². The molecule has 1 aromatic carbocycles. The molecule has 0 bridgehead atoms. The zero-order valence-corrected chi connectivity index (χ0v) is 16.4. The van der Waals surface area contributed by atoms with Gasteiger partial charge in [0.2, 0.25) is 0 Å². The topological polar surface area (TPSA) is 103 Å². The Morgan fingerprint density at radius 1 is 1.25 bits per heavy atom. The van der Waals surface area contributed by atoms with Gasteiger partial charge in [0.1, 0.15) is 5.82 Å². The van der Waals surface area contributed by atoms with Gasteiger partial charge in [0, 0.05) is 24.6 Å². The minimum atomic E-state index is -3.09. The number of aromatic nitrogens is 3. The van der Waals surface area contributed by atoms with Crippen LogP contribution in [0.3, 0.4) is 0 Å². The summed E-state index contributed by atoms with van der Waals surface area (Å²) in [6.45, 7) is 1.78. The molecule has 0 saturated carbocycles. The fraction of sp³-hybridized carbons (Fsp3) is 0.316. The first-order valence-electron chi connectivity index (χ1n) is 8.92. The zero-order chi connectivity index (χ0) is 20.1. The average molecular weight is 400 g/mol. The number of sulfone groups is 1. The third-order valence-electron chi connectivity index (χ3n) is 5.05. The van der Waals surface area contributed by atoms with Crippen molar-refractivity contribution in [3.63, 3.8) is 0 Å². The van der Waals surface area contributed by atoms with Crippen molar-refractivity contribution < 1.29 is 13.2 Å². The monoisotopic (exact) mass is 400 g/mol. The molecule has 2 aromatic heterocycles. The number of fused-ring (bicyclic) bond motifs is 1. The van der Waals surface area contributed by atoms with Crippen molar-refractivity contribution >= 4 is 32.5 Å². The molecule has 9 heteroatoms. The van der Waals surface area contributed by atoms with Crippen LogP contribution in [0.4, 0.5) is 5.82 Å². The van der Waals surface area contributed by atoms with Crippen LogP contribution < -0.4 is 10.9 Å². The van der Waals surface area contributed by atoms with E-state index in [4.69, 9.17) is 0 Å². The predicted molar refractivity (Wildman–Crippen MR) is 106 cm³/mol. The number of benzene rings is 1. The summed E-state index contributed by atoms with van der Waals surface area (Å²) in [4.78, 5) is 25.2. The van der Waals surface area contributed by atoms with Gasteiger partial charge in [0.05, 0.1) is 34.3 Å². The number of para-hydroxylation sites is 1. The van der Waals surface area contributed by atoms with Gasteiger partial charge < -0.3 is 9.88 Å². The first-order valence-corrected chi connectivity index (χ1v) is 10.7. The number of hydrogen-bond acceptors (Lipinski definition) is 5. The third-order valence-corrected chi connectivity index (χ3v) is 6.80. The number of hydrogen-bond donors (Lipinski definition) is 1. The number of nitrogens with one attached hydrogen (secondary N) is 1. The Balaban J connectivity index is 1.72. The van der Waals surface area contributed by atoms with E-state index in [0.29, 0.717) is 28.8 Å². The van der Waals surface area contributed by atoms with Gasteiger partial charge in [0.15, 0.2) is 9.84 Å². The summed E-state index contributed by atoms with van der Waals surface area (Å²) in [6.07, 6.45) is 0.459. The van der Waals surface area contributed by atoms with Gasteiger partial charge in [-0.05, 0) is 19.4 Å². The molecule has 1 aliphatic heterocycles. The largest absolute Gasteiger partial charge is 0.311 e. The molecule has 8 nitrogen and oxygen atoms in total. The summed E-state index contributed by atoms with van der Waals surface area (Å²) in [5, 5.41) is 7.84. The molecule has 4 rings (SSSR count). The van der Waals surface area contributed by atoms with Crippen LogP contribution in [0.25, 0.3) is 10.9 Å². The minimum Gasteiger partial charge on any atom is -0.311 e. The summed E-state index contributed by atoms with van der Waals surface area (Å²) >= 11 is 0. The van der Waals surface area contributed by atoms with Crippen LogP contribution in [0.1, 0.15) is 28.5 Å². The van der Waals surface area contributed by atoms with E-state index in [0.717, 1.165) is 0 Å². The van der Waals surface area contributed by atoms with Crippen molar-refractivity contribution in [1.29, 1.82) is 0 Å². The van der Waals surface area contributed by atoms with E-state index in [-0.39, 0.29) is 28.7 Å². The lowest BCUT2D eigenvalue weighted by atomic mass is 10.1. The fourth-order valence-electron chi connectivity index (χ4n) is 3.64. The summed E-state index contributed by atoms with van der Waals surface area (Å²) in [7, 11) is -1.43. The molecule has 1 fully saturated rings. The lowest BCUT2D eigenvalue weighted by Crippen LogP contribution is -2.23. The maximum absolute atomic E-state index is 13.0. The van der Waals surface area contributed by atoms with Crippen molar-refractivity contribution in [2.24, 2.45) is 7.05 Å². The molecule has 0 radical (unpaired) electrons. The van der Waals surface area contributed by atoms with Gasteiger partial charge >= 0.3 is 0 Å². The number of amides is 1. The van der Waals surface area contributed by atoms with E-state index in [2.05, 4.69) is 10.4 Å². The van der Waals surface area contributed by atoms with Crippen molar-refractivity contribution in [3.8, 4) is 0 Å². The van der Waals surface area contributed by atoms with Crippen molar-refractivity contribution in [3.05, 3.63) is 58.0 Å². The smallest absolute Gasteiger partial charge is 0.257 e. The Morgan fingerprint density at radius 2 is 2.00 bits per heavy atom. The maximum atomic E-state index is 13.0. The van der Waals surface area contributed by atoms with Crippen LogP contribution in [-0.4, -0.2) is 40.2 Å². The summed E-state index contributed by atoms with van der Waals surface area (Å²) in [5.74, 6) is 0.111. The molecule has 1 saturated heterocycles. The molecule has 1 N–H and O–H groups in total. The van der Waals surface area contributed by atoms with E-state index in [1.807, 2.05) is 6.07 Å². The number of anilines is 1. The van der Waals surface area contributed by atoms with E-state index in [1.54, 1.807) is 42.9 Å². The quantitative estimate of drug-likeness (QED) is 0.720. The van der Waals surface area contributed by atoms with Gasteiger partial charge in [-0.3, -0.25) is 9.59 Å². The van der Waals surface area contributed by atoms with E-state index < -0.39 is 15.7 Å². The number of pyridine rings is 1. The second-order valence-electron chi connectivity index (χ2n) is 7.10. The molecule has 1 amide bonds. The van der Waals surface area contributed by atoms with Gasteiger partial charge in [-0.2, -0.15) is 5.10 Å². The number of aryl methyl sites for hydroxylation is 2. The van der Waals surface area contributed by atoms with Crippen LogP contribution in [0.15, 0.2) is 41.2 Å². The minimum absolute atomic E-state index is 0.00575. The van der Waals surface area contributed by atoms with Crippen LogP contribution in [0, 0.1) is 6.92 Å². The number of carbonyl (C=O) groups is 1. The number of nitrogens with zero attached hydrogens (tertiary/aromatic N) is 3. The van der Waals surface area contributed by atoms with Crippen molar-refractivity contribution in [2.75, 3.05) is 16.8 Å². The molecule has 1 atom stereocenters. The van der Waals surface area contributed by atoms with Crippen LogP contribution in [0.2, 0.25) is 0 Å². The Morgan fingerprint density at radius 3 is 2.71 bits per heavy atom. The SMILES string of the molecule is Cc1cc(NC(=O)c2cc(=O)n(C)c3ccccc23)n([C@@H]2CCS(=O)(=O)C2)n1. The normalized spacial score (nSPS) is 18.4. The van der Waals surface area contributed by atoms with E-state index in [9.17, 15) is 18.0 Å². The van der Waals surface area contributed by atoms with Gasteiger partial charge in [-0.1, -0.05) is 18.2 Å². The third kappa shape index (κ3) is 3.22. The molecule has 28 heavy (non-hydrogen) atoms. The number of rotatable bonds is 3. The van der Waals surface area contributed by atoms with Crippen LogP contribution in [0.5, 0.6) is 0 Å². The molecule has 3 aromatic rings. The Bertz CT molecular complexity index is 1260. The van der Waals surface area contributed by atoms with Crippen LogP contribution >= 0.6 is 0 Å². The fourth-order valence-corrected chi connectivity index (χ4v) is 5.33. The first kappa shape index (κ1) is 18.4. The van der Waals surface area contributed by atoms with E-state index >= 15 is 0 Å². The molecular weight excluding hydrogens is 380 g/mol. The second kappa shape index (κ2) is 6.59. The summed E-state index contributed by atoms with van der Waals surface area (Å²) in [5.41, 5.74) is 1.32. The number of carbonyl (C=O) groups excluding carboxylic acids is 1. The Labute approximate surface area is 161 Å². The predicted octanol–water partition coefficient (Wildman–Crippen LogP) is 1.66. The highest BCUT2D eigenvalue weighted by Gasteiger charge is 2.31. The van der Waals surface area contributed by atoms with Gasteiger partial charge in [-0.15, -0.1) is 0 Å². The van der Waals surface area contributed by atoms with Crippen molar-refractivity contribution in [1.82, 2.24) is 14.3 Å². The summed E-state index contributed by atoms with van der Waals surface area (Å²) in [6, 6.07) is 9.89. The standard InChI is InChI=1S/C19H20N4O4S/c1-12-9-17(23(21-12)13-7-8-28(26,27)11-13)20-19(25)15-10-18(24)22(2)16-6-4-3-5-14(15)16/h3-6,9-10,13H,7-8,11H2,1-2H3,(H,20,25)/t13-/m1/s1. The Kier molecular flexibility index (Phi) is 4.34. The highest BCUT2D eigenvalue weighted by molar-refractivity contribution is 7.91. The molecular formula is C19H20N4O4S. The molecule has 1 aliphatic rings. The van der Waals surface area contributed by atoms with E-state index in [1.165, 1.54) is 10.6 Å². The lowest BCUT2D eigenvalue weighted by molar-refractivity contribution is 0.102. The Hall–Kier alpha value is -2.94. The molecule has 3 heterocycles. The average Bonchev–Trinajstić information content (AvgIpc) is 3.19. The molecule has 0 aliphatic carbocycles. The zero-order valence-electron chi connectivity index (χ0n) is 15.5. The summed E-state index contributed by atoms with van der Waals surface area (Å²) < 4.78 is 26.7. The molecule has 146 valence electrons. The highest BCUT2D eigenvalue weighted by Crippen LogP contribution is 2.27. The highest BCUT2D eigenvalue weighted by atomic mass is 32.2. The second-order valence-corrected chi connectivity index (χ2v) is 9.33. The maximum Gasteiger partial charge on any atom is 0.257 e. The lowest BCUT2D eigenvalue weighted by Gasteiger charge is -2.15. The molecule has 0 unspecified atom stereocenters. The molecule has 0 spiro atoms. The van der Waals surface area contributed by atoms with Gasteiger partial charge in [0.25, 0.3) is 11.5 Å².